The van der Waals surface area contributed by atoms with Crippen LogP contribution in [0, 0.1) is 0 Å². The number of nitrogens with zero attached hydrogens (tertiary/aromatic N) is 1. The predicted molar refractivity (Wildman–Crippen MR) is 63.5 cm³/mol. The maximum Gasteiger partial charge on any atom is 0.228 e. The van der Waals surface area contributed by atoms with Gasteiger partial charge in [-0.3, -0.25) is 4.79 Å². The van der Waals surface area contributed by atoms with Gasteiger partial charge in [0.25, 0.3) is 0 Å². The molecule has 1 aromatic heterocycles. The summed E-state index contributed by atoms with van der Waals surface area (Å²) in [6.07, 6.45) is 2.82. The van der Waals surface area contributed by atoms with E-state index in [-0.39, 0.29) is 5.91 Å². The average Bonchev–Trinajstić information content (AvgIpc) is 2.93. The van der Waals surface area contributed by atoms with Crippen molar-refractivity contribution in [2.45, 2.75) is 25.3 Å². The fourth-order valence-corrected chi connectivity index (χ4v) is 2.53. The third kappa shape index (κ3) is 2.95. The Labute approximate surface area is 98.8 Å². The lowest BCUT2D eigenvalue weighted by Crippen LogP contribution is -2.35. The van der Waals surface area contributed by atoms with E-state index >= 15 is 0 Å². The zero-order valence-electron chi connectivity index (χ0n) is 8.49. The van der Waals surface area contributed by atoms with E-state index < -0.39 is 0 Å². The molecule has 0 aliphatic heterocycles. The van der Waals surface area contributed by atoms with E-state index in [9.17, 15) is 4.79 Å². The number of amides is 1. The average molecular weight is 244 g/mol. The molecule has 1 aromatic rings. The summed E-state index contributed by atoms with van der Waals surface area (Å²) in [7, 11) is 0. The lowest BCUT2D eigenvalue weighted by molar-refractivity contribution is -0.130. The first kappa shape index (κ1) is 11.0. The van der Waals surface area contributed by atoms with Crippen molar-refractivity contribution < 1.29 is 4.79 Å². The summed E-state index contributed by atoms with van der Waals surface area (Å²) in [6, 6.07) is 4.46. The van der Waals surface area contributed by atoms with Crippen LogP contribution in [-0.2, 0) is 11.2 Å². The van der Waals surface area contributed by atoms with Crippen LogP contribution >= 0.6 is 22.9 Å². The summed E-state index contributed by atoms with van der Waals surface area (Å²) in [5.74, 6) is 0.757. The van der Waals surface area contributed by atoms with E-state index in [4.69, 9.17) is 11.6 Å². The van der Waals surface area contributed by atoms with Crippen LogP contribution < -0.4 is 0 Å². The van der Waals surface area contributed by atoms with Crippen molar-refractivity contribution in [2.75, 3.05) is 12.4 Å². The molecule has 82 valence electrons. The number of thiophene rings is 1. The van der Waals surface area contributed by atoms with Crippen LogP contribution in [-0.4, -0.2) is 29.3 Å². The van der Waals surface area contributed by atoms with Gasteiger partial charge < -0.3 is 4.90 Å². The first-order chi connectivity index (χ1) is 7.31. The van der Waals surface area contributed by atoms with Crippen molar-refractivity contribution in [3.63, 3.8) is 0 Å². The minimum atomic E-state index is 0.223. The van der Waals surface area contributed by atoms with Crippen LogP contribution in [0.3, 0.4) is 0 Å². The largest absolute Gasteiger partial charge is 0.338 e. The summed E-state index contributed by atoms with van der Waals surface area (Å²) >= 11 is 7.34. The highest BCUT2D eigenvalue weighted by Gasteiger charge is 2.31. The molecule has 1 saturated carbocycles. The van der Waals surface area contributed by atoms with Crippen molar-refractivity contribution in [3.8, 4) is 0 Å². The zero-order valence-corrected chi connectivity index (χ0v) is 10.1. The second-order valence-electron chi connectivity index (χ2n) is 3.76. The van der Waals surface area contributed by atoms with E-state index in [1.165, 1.54) is 0 Å². The molecule has 0 N–H and O–H groups in total. The molecule has 0 spiro atoms. The molecule has 0 atom stereocenters. The molecule has 2 nitrogen and oxygen atoms in total. The lowest BCUT2D eigenvalue weighted by Gasteiger charge is -2.20. The van der Waals surface area contributed by atoms with E-state index in [1.54, 1.807) is 11.3 Å². The molecule has 0 unspecified atom stereocenters. The molecule has 0 aromatic carbocycles. The summed E-state index contributed by atoms with van der Waals surface area (Å²) in [5, 5.41) is 2.01. The highest BCUT2D eigenvalue weighted by atomic mass is 35.5. The molecule has 0 saturated heterocycles. The lowest BCUT2D eigenvalue weighted by atomic mass is 10.3. The minimum Gasteiger partial charge on any atom is -0.338 e. The Hall–Kier alpha value is -0.540. The molecule has 1 amide bonds. The van der Waals surface area contributed by atoms with E-state index in [1.807, 2.05) is 22.4 Å². The van der Waals surface area contributed by atoms with Crippen LogP contribution in [0.5, 0.6) is 0 Å². The standard InChI is InChI=1S/C11H14ClNOS/c12-5-6-13(9-3-4-9)11(14)8-10-2-1-7-15-10/h1-2,7,9H,3-6,8H2. The summed E-state index contributed by atoms with van der Waals surface area (Å²) < 4.78 is 0. The smallest absolute Gasteiger partial charge is 0.228 e. The van der Waals surface area contributed by atoms with Gasteiger partial charge in [0, 0.05) is 23.3 Å². The van der Waals surface area contributed by atoms with Gasteiger partial charge in [-0.05, 0) is 24.3 Å². The zero-order chi connectivity index (χ0) is 10.7. The van der Waals surface area contributed by atoms with Gasteiger partial charge >= 0.3 is 0 Å². The second-order valence-corrected chi connectivity index (χ2v) is 5.17. The Morgan fingerprint density at radius 3 is 2.93 bits per heavy atom. The first-order valence-corrected chi connectivity index (χ1v) is 6.60. The predicted octanol–water partition coefficient (Wildman–Crippen LogP) is 2.52. The first-order valence-electron chi connectivity index (χ1n) is 5.19. The van der Waals surface area contributed by atoms with Gasteiger partial charge in [0.2, 0.25) is 5.91 Å². The van der Waals surface area contributed by atoms with Gasteiger partial charge in [0.15, 0.2) is 0 Å². The fourth-order valence-electron chi connectivity index (χ4n) is 1.65. The summed E-state index contributed by atoms with van der Waals surface area (Å²) in [5.41, 5.74) is 0. The SMILES string of the molecule is O=C(Cc1cccs1)N(CCCl)C1CC1. The highest BCUT2D eigenvalue weighted by Crippen LogP contribution is 2.27. The van der Waals surface area contributed by atoms with Gasteiger partial charge in [-0.2, -0.15) is 0 Å². The maximum atomic E-state index is 12.0. The van der Waals surface area contributed by atoms with Crippen molar-refractivity contribution in [1.82, 2.24) is 4.90 Å². The van der Waals surface area contributed by atoms with Crippen molar-refractivity contribution in [3.05, 3.63) is 22.4 Å². The molecule has 1 aliphatic carbocycles. The molecular weight excluding hydrogens is 230 g/mol. The van der Waals surface area contributed by atoms with Crippen molar-refractivity contribution in [2.24, 2.45) is 0 Å². The maximum absolute atomic E-state index is 12.0. The molecule has 15 heavy (non-hydrogen) atoms. The number of carbonyl (C=O) groups is 1. The molecule has 2 rings (SSSR count). The Bertz CT molecular complexity index is 321. The van der Waals surface area contributed by atoms with Crippen LogP contribution in [0.1, 0.15) is 17.7 Å². The third-order valence-electron chi connectivity index (χ3n) is 2.54. The number of halogens is 1. The van der Waals surface area contributed by atoms with E-state index in [0.29, 0.717) is 24.9 Å². The van der Waals surface area contributed by atoms with E-state index in [0.717, 1.165) is 17.7 Å². The van der Waals surface area contributed by atoms with Crippen LogP contribution in [0.4, 0.5) is 0 Å². The van der Waals surface area contributed by atoms with E-state index in [2.05, 4.69) is 0 Å². The summed E-state index contributed by atoms with van der Waals surface area (Å²) in [4.78, 5) is 15.0. The molecular formula is C11H14ClNOS. The van der Waals surface area contributed by atoms with Crippen molar-refractivity contribution in [1.29, 1.82) is 0 Å². The van der Waals surface area contributed by atoms with Crippen LogP contribution in [0.25, 0.3) is 0 Å². The fraction of sp³-hybridized carbons (Fsp3) is 0.545. The van der Waals surface area contributed by atoms with Gasteiger partial charge in [-0.1, -0.05) is 6.07 Å². The number of hydrogen-bond acceptors (Lipinski definition) is 2. The van der Waals surface area contributed by atoms with Crippen LogP contribution in [0.15, 0.2) is 17.5 Å². The molecule has 1 aliphatic rings. The molecule has 1 heterocycles. The Kier molecular flexibility index (Phi) is 3.65. The van der Waals surface area contributed by atoms with Gasteiger partial charge in [-0.15, -0.1) is 22.9 Å². The van der Waals surface area contributed by atoms with Gasteiger partial charge in [-0.25, -0.2) is 0 Å². The van der Waals surface area contributed by atoms with Gasteiger partial charge in [0.1, 0.15) is 0 Å². The number of hydrogen-bond donors (Lipinski definition) is 0. The Morgan fingerprint density at radius 2 is 2.40 bits per heavy atom. The quantitative estimate of drug-likeness (QED) is 0.728. The Morgan fingerprint density at radius 1 is 1.60 bits per heavy atom. The molecule has 0 radical (unpaired) electrons. The molecule has 4 heteroatoms. The third-order valence-corrected chi connectivity index (χ3v) is 3.58. The normalized spacial score (nSPS) is 15.3. The second kappa shape index (κ2) is 4.99. The minimum absolute atomic E-state index is 0.223. The monoisotopic (exact) mass is 243 g/mol. The number of alkyl halides is 1. The summed E-state index contributed by atoms with van der Waals surface area (Å²) in [6.45, 7) is 0.691. The number of rotatable bonds is 5. The molecule has 1 fully saturated rings. The van der Waals surface area contributed by atoms with Crippen LogP contribution in [0.2, 0.25) is 0 Å². The molecule has 0 bridgehead atoms. The number of carbonyl (C=O) groups excluding carboxylic acids is 1. The van der Waals surface area contributed by atoms with Crippen molar-refractivity contribution >= 4 is 28.8 Å². The van der Waals surface area contributed by atoms with Gasteiger partial charge in [0.05, 0.1) is 6.42 Å². The Balaban J connectivity index is 1.92. The topological polar surface area (TPSA) is 20.3 Å². The highest BCUT2D eigenvalue weighted by molar-refractivity contribution is 7.10.